The first-order chi connectivity index (χ1) is 13.0. The van der Waals surface area contributed by atoms with Crippen LogP contribution in [0.2, 0.25) is 0 Å². The highest BCUT2D eigenvalue weighted by Gasteiger charge is 2.35. The quantitative estimate of drug-likeness (QED) is 0.621. The van der Waals surface area contributed by atoms with Gasteiger partial charge in [-0.1, -0.05) is 32.0 Å². The number of benzene rings is 2. The average Bonchev–Trinajstić information content (AvgIpc) is 3.25. The molecule has 1 aliphatic rings. The van der Waals surface area contributed by atoms with Crippen LogP contribution in [-0.4, -0.2) is 17.8 Å². The van der Waals surface area contributed by atoms with Crippen LogP contribution in [-0.2, 0) is 4.74 Å². The van der Waals surface area contributed by atoms with Crippen molar-refractivity contribution in [3.63, 3.8) is 0 Å². The second-order valence-electron chi connectivity index (χ2n) is 7.62. The van der Waals surface area contributed by atoms with Gasteiger partial charge in [-0.05, 0) is 48.2 Å². The summed E-state index contributed by atoms with van der Waals surface area (Å²) in [5.41, 5.74) is 5.04. The van der Waals surface area contributed by atoms with Crippen LogP contribution in [0, 0.1) is 30.0 Å². The number of hydrogen-bond acceptors (Lipinski definition) is 2. The topological polar surface area (TPSA) is 38.0 Å². The average molecular weight is 362 g/mol. The molecule has 4 rings (SSSR count). The molecule has 0 N–H and O–H groups in total. The molecule has 1 aromatic heterocycles. The summed E-state index contributed by atoms with van der Waals surface area (Å²) in [6, 6.07) is 16.0. The molecular weight excluding hydrogens is 339 g/mol. The number of hydrogen-bond donors (Lipinski definition) is 0. The van der Waals surface area contributed by atoms with Gasteiger partial charge in [0.15, 0.2) is 0 Å². The van der Waals surface area contributed by atoms with Gasteiger partial charge in [0.25, 0.3) is 0 Å². The lowest BCUT2D eigenvalue weighted by molar-refractivity contribution is 0.189. The van der Waals surface area contributed by atoms with Crippen molar-refractivity contribution in [2.45, 2.75) is 32.6 Å². The standard InChI is InChI=1S/C23H23FN2O/c1-14(2)23-22(19-13-27-12-16(19)11-25)18-6-4-5-7-21(18)26(23)17-8-9-20(24)15(3)10-17/h4-10,14,16,19H,12-13H2,1-3H3. The minimum Gasteiger partial charge on any atom is -0.379 e. The zero-order chi connectivity index (χ0) is 19.1. The fourth-order valence-corrected chi connectivity index (χ4v) is 4.26. The highest BCUT2D eigenvalue weighted by atomic mass is 19.1. The van der Waals surface area contributed by atoms with Crippen molar-refractivity contribution in [2.75, 3.05) is 13.2 Å². The van der Waals surface area contributed by atoms with E-state index in [4.69, 9.17) is 4.74 Å². The van der Waals surface area contributed by atoms with Crippen LogP contribution in [0.5, 0.6) is 0 Å². The highest BCUT2D eigenvalue weighted by molar-refractivity contribution is 5.88. The van der Waals surface area contributed by atoms with Crippen LogP contribution in [0.4, 0.5) is 4.39 Å². The molecule has 0 radical (unpaired) electrons. The molecule has 3 aromatic rings. The number of aromatic nitrogens is 1. The van der Waals surface area contributed by atoms with Crippen molar-refractivity contribution in [3.05, 3.63) is 65.1 Å². The van der Waals surface area contributed by atoms with Crippen molar-refractivity contribution < 1.29 is 9.13 Å². The zero-order valence-electron chi connectivity index (χ0n) is 15.9. The Balaban J connectivity index is 2.06. The highest BCUT2D eigenvalue weighted by Crippen LogP contribution is 2.43. The Kier molecular flexibility index (Phi) is 4.49. The van der Waals surface area contributed by atoms with Gasteiger partial charge in [0, 0.05) is 22.7 Å². The molecule has 27 heavy (non-hydrogen) atoms. The number of ether oxygens (including phenoxy) is 1. The van der Waals surface area contributed by atoms with E-state index < -0.39 is 0 Å². The van der Waals surface area contributed by atoms with Gasteiger partial charge < -0.3 is 9.30 Å². The lowest BCUT2D eigenvalue weighted by atomic mass is 9.85. The van der Waals surface area contributed by atoms with Crippen LogP contribution in [0.1, 0.15) is 42.5 Å². The number of fused-ring (bicyclic) bond motifs is 1. The molecular formula is C23H23FN2O. The Morgan fingerprint density at radius 1 is 1.19 bits per heavy atom. The molecule has 0 spiro atoms. The van der Waals surface area contributed by atoms with Gasteiger partial charge in [-0.15, -0.1) is 0 Å². The normalized spacial score (nSPS) is 19.7. The zero-order valence-corrected chi connectivity index (χ0v) is 15.9. The second kappa shape index (κ2) is 6.83. The molecule has 2 unspecified atom stereocenters. The second-order valence-corrected chi connectivity index (χ2v) is 7.62. The van der Waals surface area contributed by atoms with E-state index in [1.807, 2.05) is 24.3 Å². The molecule has 0 saturated carbocycles. The molecule has 0 amide bonds. The Hall–Kier alpha value is -2.64. The smallest absolute Gasteiger partial charge is 0.126 e. The molecule has 2 heterocycles. The van der Waals surface area contributed by atoms with Gasteiger partial charge in [-0.3, -0.25) is 0 Å². The molecule has 1 saturated heterocycles. The van der Waals surface area contributed by atoms with E-state index in [1.165, 1.54) is 17.3 Å². The van der Waals surface area contributed by atoms with Gasteiger partial charge in [-0.25, -0.2) is 4.39 Å². The first-order valence-corrected chi connectivity index (χ1v) is 9.40. The van der Waals surface area contributed by atoms with Crippen molar-refractivity contribution in [3.8, 4) is 11.8 Å². The molecule has 1 fully saturated rings. The third-order valence-corrected chi connectivity index (χ3v) is 5.52. The Morgan fingerprint density at radius 2 is 1.96 bits per heavy atom. The summed E-state index contributed by atoms with van der Waals surface area (Å²) in [6.07, 6.45) is 0. The summed E-state index contributed by atoms with van der Waals surface area (Å²) >= 11 is 0. The lowest BCUT2D eigenvalue weighted by Crippen LogP contribution is -2.12. The summed E-state index contributed by atoms with van der Waals surface area (Å²) < 4.78 is 21.8. The number of aryl methyl sites for hydroxylation is 1. The van der Waals surface area contributed by atoms with Crippen molar-refractivity contribution in [1.29, 1.82) is 5.26 Å². The molecule has 2 aromatic carbocycles. The summed E-state index contributed by atoms with van der Waals surface area (Å²) in [6.45, 7) is 7.17. The monoisotopic (exact) mass is 362 g/mol. The summed E-state index contributed by atoms with van der Waals surface area (Å²) in [7, 11) is 0. The molecule has 138 valence electrons. The molecule has 4 heteroatoms. The fraction of sp³-hybridized carbons (Fsp3) is 0.348. The van der Waals surface area contributed by atoms with Crippen molar-refractivity contribution in [1.82, 2.24) is 4.57 Å². The van der Waals surface area contributed by atoms with Gasteiger partial charge in [0.05, 0.1) is 30.7 Å². The van der Waals surface area contributed by atoms with E-state index in [9.17, 15) is 9.65 Å². The largest absolute Gasteiger partial charge is 0.379 e. The Bertz CT molecular complexity index is 1040. The maximum absolute atomic E-state index is 13.9. The van der Waals surface area contributed by atoms with Gasteiger partial charge in [0.2, 0.25) is 0 Å². The van der Waals surface area contributed by atoms with E-state index in [1.54, 1.807) is 6.92 Å². The summed E-state index contributed by atoms with van der Waals surface area (Å²) in [5, 5.41) is 10.8. The lowest BCUT2D eigenvalue weighted by Gasteiger charge is -2.19. The van der Waals surface area contributed by atoms with Gasteiger partial charge >= 0.3 is 0 Å². The van der Waals surface area contributed by atoms with E-state index in [2.05, 4.69) is 36.6 Å². The number of halogens is 1. The van der Waals surface area contributed by atoms with Crippen LogP contribution in [0.25, 0.3) is 16.6 Å². The Morgan fingerprint density at radius 3 is 2.67 bits per heavy atom. The van der Waals surface area contributed by atoms with Gasteiger partial charge in [0.1, 0.15) is 5.82 Å². The third-order valence-electron chi connectivity index (χ3n) is 5.52. The third kappa shape index (κ3) is 2.83. The molecule has 3 nitrogen and oxygen atoms in total. The predicted octanol–water partition coefficient (Wildman–Crippen LogP) is 5.46. The minimum atomic E-state index is -0.199. The van der Waals surface area contributed by atoms with Gasteiger partial charge in [-0.2, -0.15) is 5.26 Å². The van der Waals surface area contributed by atoms with Crippen molar-refractivity contribution in [2.24, 2.45) is 5.92 Å². The van der Waals surface area contributed by atoms with E-state index >= 15 is 0 Å². The van der Waals surface area contributed by atoms with Crippen molar-refractivity contribution >= 4 is 10.9 Å². The van der Waals surface area contributed by atoms with Crippen LogP contribution >= 0.6 is 0 Å². The predicted molar refractivity (Wildman–Crippen MR) is 105 cm³/mol. The molecule has 2 atom stereocenters. The van der Waals surface area contributed by atoms with E-state index in [0.29, 0.717) is 18.8 Å². The van der Waals surface area contributed by atoms with Crippen LogP contribution < -0.4 is 0 Å². The number of nitrogens with zero attached hydrogens (tertiary/aromatic N) is 2. The maximum Gasteiger partial charge on any atom is 0.126 e. The molecule has 1 aliphatic heterocycles. The van der Waals surface area contributed by atoms with Crippen LogP contribution in [0.15, 0.2) is 42.5 Å². The minimum absolute atomic E-state index is 0.0556. The first kappa shape index (κ1) is 17.8. The SMILES string of the molecule is Cc1cc(-n2c(C(C)C)c(C3COCC3C#N)c3ccccc32)ccc1F. The summed E-state index contributed by atoms with van der Waals surface area (Å²) in [4.78, 5) is 0. The number of rotatable bonds is 3. The Labute approximate surface area is 159 Å². The van der Waals surface area contributed by atoms with E-state index in [0.717, 1.165) is 16.6 Å². The maximum atomic E-state index is 13.9. The number of nitriles is 1. The number of para-hydroxylation sites is 1. The first-order valence-electron chi connectivity index (χ1n) is 9.40. The summed E-state index contributed by atoms with van der Waals surface area (Å²) in [5.74, 6) is -0.0372. The van der Waals surface area contributed by atoms with Crippen LogP contribution in [0.3, 0.4) is 0 Å². The molecule has 0 bridgehead atoms. The van der Waals surface area contributed by atoms with E-state index in [-0.39, 0.29) is 23.6 Å². The molecule has 0 aliphatic carbocycles. The fourth-order valence-electron chi connectivity index (χ4n) is 4.26.